The molecule has 11 heteroatoms. The number of hydrogen-bond donors (Lipinski definition) is 1. The summed E-state index contributed by atoms with van der Waals surface area (Å²) in [5.41, 5.74) is 0.521. The number of imide groups is 1. The topological polar surface area (TPSA) is 148 Å². The SMILES string of the molecule is O=C1CN(/N=C/c2ccc(C(=O)c3ccc(-c4ccc([N+](=O)[O-])cc4)o3)o2)C(=O)N1. The van der Waals surface area contributed by atoms with Gasteiger partial charge < -0.3 is 8.83 Å². The summed E-state index contributed by atoms with van der Waals surface area (Å²) in [5.74, 6) is -0.404. The lowest BCUT2D eigenvalue weighted by atomic mass is 10.1. The number of benzene rings is 1. The van der Waals surface area contributed by atoms with Crippen molar-refractivity contribution < 1.29 is 28.1 Å². The molecular weight excluding hydrogens is 396 g/mol. The van der Waals surface area contributed by atoms with E-state index in [9.17, 15) is 24.5 Å². The maximum Gasteiger partial charge on any atom is 0.344 e. The van der Waals surface area contributed by atoms with E-state index < -0.39 is 22.6 Å². The number of ketones is 1. The summed E-state index contributed by atoms with van der Waals surface area (Å²) >= 11 is 0. The van der Waals surface area contributed by atoms with Crippen LogP contribution in [0.3, 0.4) is 0 Å². The molecule has 0 aliphatic carbocycles. The lowest BCUT2D eigenvalue weighted by molar-refractivity contribution is -0.384. The summed E-state index contributed by atoms with van der Waals surface area (Å²) in [6.45, 7) is -0.195. The van der Waals surface area contributed by atoms with E-state index in [4.69, 9.17) is 8.83 Å². The van der Waals surface area contributed by atoms with Crippen LogP contribution in [0.1, 0.15) is 22.1 Å². The summed E-state index contributed by atoms with van der Waals surface area (Å²) in [4.78, 5) is 45.3. The Hall–Kier alpha value is -4.54. The van der Waals surface area contributed by atoms with Gasteiger partial charge in [-0.05, 0) is 36.4 Å². The van der Waals surface area contributed by atoms with Crippen molar-refractivity contribution in [2.75, 3.05) is 6.54 Å². The molecule has 3 aromatic rings. The van der Waals surface area contributed by atoms with E-state index in [0.29, 0.717) is 11.3 Å². The number of furan rings is 2. The second-order valence-corrected chi connectivity index (χ2v) is 6.15. The third-order valence-electron chi connectivity index (χ3n) is 4.14. The molecule has 1 aliphatic rings. The standard InChI is InChI=1S/C19H12N4O7/c24-17-10-22(19(26)21-17)20-9-13-5-6-15(29-13)18(25)16-8-7-14(30-16)11-1-3-12(4-2-11)23(27)28/h1-9H,10H2,(H,21,24,26)/b20-9+. The Balaban J connectivity index is 1.47. The van der Waals surface area contributed by atoms with Gasteiger partial charge in [-0.25, -0.2) is 9.80 Å². The molecule has 1 aliphatic heterocycles. The third kappa shape index (κ3) is 3.71. The number of nitrogens with zero attached hydrogens (tertiary/aromatic N) is 3. The second-order valence-electron chi connectivity index (χ2n) is 6.15. The maximum absolute atomic E-state index is 12.6. The monoisotopic (exact) mass is 408 g/mol. The highest BCUT2D eigenvalue weighted by molar-refractivity contribution is 6.06. The number of non-ortho nitro benzene ring substituents is 1. The zero-order chi connectivity index (χ0) is 21.3. The molecule has 30 heavy (non-hydrogen) atoms. The summed E-state index contributed by atoms with van der Waals surface area (Å²) < 4.78 is 11.0. The Morgan fingerprint density at radius 2 is 1.77 bits per heavy atom. The van der Waals surface area contributed by atoms with E-state index in [2.05, 4.69) is 10.4 Å². The molecule has 11 nitrogen and oxygen atoms in total. The molecule has 4 rings (SSSR count). The average molecular weight is 408 g/mol. The van der Waals surface area contributed by atoms with Gasteiger partial charge in [-0.3, -0.25) is 25.0 Å². The Kier molecular flexibility index (Phi) is 4.68. The van der Waals surface area contributed by atoms with Crippen LogP contribution in [-0.4, -0.2) is 40.4 Å². The van der Waals surface area contributed by atoms with E-state index in [0.717, 1.165) is 5.01 Å². The highest BCUT2D eigenvalue weighted by Crippen LogP contribution is 2.26. The summed E-state index contributed by atoms with van der Waals surface area (Å²) in [5, 5.41) is 17.6. The predicted molar refractivity (Wildman–Crippen MR) is 101 cm³/mol. The summed E-state index contributed by atoms with van der Waals surface area (Å²) in [6.07, 6.45) is 1.21. The van der Waals surface area contributed by atoms with Crippen molar-refractivity contribution in [3.63, 3.8) is 0 Å². The molecule has 1 N–H and O–H groups in total. The highest BCUT2D eigenvalue weighted by Gasteiger charge is 2.26. The van der Waals surface area contributed by atoms with Gasteiger partial charge in [0, 0.05) is 17.7 Å². The number of urea groups is 1. The number of nitrogens with one attached hydrogen (secondary N) is 1. The van der Waals surface area contributed by atoms with Crippen LogP contribution in [0.4, 0.5) is 10.5 Å². The Bertz CT molecular complexity index is 1190. The van der Waals surface area contributed by atoms with Gasteiger partial charge in [0.15, 0.2) is 11.5 Å². The van der Waals surface area contributed by atoms with Crippen LogP contribution in [0.15, 0.2) is 62.5 Å². The number of hydrazone groups is 1. The third-order valence-corrected chi connectivity index (χ3v) is 4.14. The molecule has 1 saturated heterocycles. The average Bonchev–Trinajstić information content (AvgIpc) is 3.46. The number of carbonyl (C=O) groups is 3. The molecule has 0 atom stereocenters. The number of rotatable bonds is 6. The fraction of sp³-hybridized carbons (Fsp3) is 0.0526. The Labute approximate surface area is 167 Å². The fourth-order valence-corrected chi connectivity index (χ4v) is 2.68. The molecule has 150 valence electrons. The largest absolute Gasteiger partial charge is 0.452 e. The molecule has 1 fully saturated rings. The van der Waals surface area contributed by atoms with Crippen molar-refractivity contribution in [1.82, 2.24) is 10.3 Å². The van der Waals surface area contributed by atoms with E-state index in [1.165, 1.54) is 48.7 Å². The van der Waals surface area contributed by atoms with Crippen molar-refractivity contribution in [2.24, 2.45) is 5.10 Å². The molecular formula is C19H12N4O7. The van der Waals surface area contributed by atoms with Gasteiger partial charge in [-0.15, -0.1) is 0 Å². The van der Waals surface area contributed by atoms with E-state index in [1.807, 2.05) is 0 Å². The Morgan fingerprint density at radius 3 is 2.43 bits per heavy atom. The molecule has 0 bridgehead atoms. The molecule has 0 spiro atoms. The van der Waals surface area contributed by atoms with Gasteiger partial charge in [0.05, 0.1) is 11.1 Å². The van der Waals surface area contributed by atoms with E-state index >= 15 is 0 Å². The minimum absolute atomic E-state index is 0.0111. The van der Waals surface area contributed by atoms with Crippen LogP contribution in [-0.2, 0) is 4.79 Å². The van der Waals surface area contributed by atoms with Crippen LogP contribution in [0.2, 0.25) is 0 Å². The molecule has 3 heterocycles. The number of amides is 3. The van der Waals surface area contributed by atoms with Gasteiger partial charge in [0.2, 0.25) is 5.91 Å². The molecule has 0 unspecified atom stereocenters. The number of carbonyl (C=O) groups excluding carboxylic acids is 3. The van der Waals surface area contributed by atoms with Gasteiger partial charge in [0.1, 0.15) is 18.1 Å². The normalized spacial score (nSPS) is 13.8. The van der Waals surface area contributed by atoms with Crippen molar-refractivity contribution in [1.29, 1.82) is 0 Å². The highest BCUT2D eigenvalue weighted by atomic mass is 16.6. The quantitative estimate of drug-likeness (QED) is 0.217. The smallest absolute Gasteiger partial charge is 0.344 e. The first-order valence-corrected chi connectivity index (χ1v) is 8.55. The molecule has 3 amide bonds. The van der Waals surface area contributed by atoms with Crippen molar-refractivity contribution in [3.05, 3.63) is 75.9 Å². The zero-order valence-corrected chi connectivity index (χ0v) is 15.1. The van der Waals surface area contributed by atoms with Gasteiger partial charge >= 0.3 is 6.03 Å². The van der Waals surface area contributed by atoms with Crippen LogP contribution >= 0.6 is 0 Å². The minimum atomic E-state index is -0.645. The first-order chi connectivity index (χ1) is 14.4. The molecule has 0 radical (unpaired) electrons. The van der Waals surface area contributed by atoms with Crippen LogP contribution in [0.5, 0.6) is 0 Å². The first-order valence-electron chi connectivity index (χ1n) is 8.55. The predicted octanol–water partition coefficient (Wildman–Crippen LogP) is 2.56. The number of hydrogen-bond acceptors (Lipinski definition) is 8. The van der Waals surface area contributed by atoms with Gasteiger partial charge in [-0.2, -0.15) is 5.10 Å². The van der Waals surface area contributed by atoms with Crippen molar-refractivity contribution in [3.8, 4) is 11.3 Å². The van der Waals surface area contributed by atoms with Crippen LogP contribution in [0.25, 0.3) is 11.3 Å². The molecule has 0 saturated carbocycles. The number of nitro benzene ring substituents is 1. The fourth-order valence-electron chi connectivity index (χ4n) is 2.68. The van der Waals surface area contributed by atoms with Crippen LogP contribution in [0, 0.1) is 10.1 Å². The second kappa shape index (κ2) is 7.47. The Morgan fingerprint density at radius 1 is 1.07 bits per heavy atom. The van der Waals surface area contributed by atoms with Gasteiger partial charge in [0.25, 0.3) is 11.5 Å². The van der Waals surface area contributed by atoms with Gasteiger partial charge in [-0.1, -0.05) is 0 Å². The lowest BCUT2D eigenvalue weighted by Gasteiger charge is -2.02. The van der Waals surface area contributed by atoms with Crippen molar-refractivity contribution in [2.45, 2.75) is 0 Å². The van der Waals surface area contributed by atoms with E-state index in [-0.39, 0.29) is 29.5 Å². The summed E-state index contributed by atoms with van der Waals surface area (Å²) in [7, 11) is 0. The maximum atomic E-state index is 12.6. The van der Waals surface area contributed by atoms with Crippen LogP contribution < -0.4 is 5.32 Å². The van der Waals surface area contributed by atoms with E-state index in [1.54, 1.807) is 6.07 Å². The molecule has 1 aromatic carbocycles. The number of nitro groups is 1. The lowest BCUT2D eigenvalue weighted by Crippen LogP contribution is -2.24. The van der Waals surface area contributed by atoms with Crippen molar-refractivity contribution >= 4 is 29.6 Å². The summed E-state index contributed by atoms with van der Waals surface area (Å²) in [6, 6.07) is 11.0. The zero-order valence-electron chi connectivity index (χ0n) is 15.1. The first kappa shape index (κ1) is 18.8. The molecule has 2 aromatic heterocycles. The minimum Gasteiger partial charge on any atom is -0.452 e.